The van der Waals surface area contributed by atoms with E-state index in [4.69, 9.17) is 10.5 Å². The molecule has 0 spiro atoms. The summed E-state index contributed by atoms with van der Waals surface area (Å²) in [5, 5.41) is 9.51. The molecule has 0 heterocycles. The summed E-state index contributed by atoms with van der Waals surface area (Å²) in [6.45, 7) is 4.18. The molecule has 0 bridgehead atoms. The Morgan fingerprint density at radius 3 is 2.57 bits per heavy atom. The van der Waals surface area contributed by atoms with Gasteiger partial charge in [0.2, 0.25) is 0 Å². The molecule has 0 aromatic heterocycles. The number of hydrogen-bond acceptors (Lipinski definition) is 3. The third kappa shape index (κ3) is 2.92. The van der Waals surface area contributed by atoms with Crippen LogP contribution in [-0.4, -0.2) is 17.8 Å². The van der Waals surface area contributed by atoms with Gasteiger partial charge in [-0.2, -0.15) is 0 Å². The molecule has 1 rings (SSSR count). The number of benzene rings is 1. The third-order valence-corrected chi connectivity index (χ3v) is 2.10. The molecule has 0 aliphatic rings. The Hall–Kier alpha value is -1.22. The molecule has 0 fully saturated rings. The topological polar surface area (TPSA) is 55.5 Å². The highest BCUT2D eigenvalue weighted by atomic mass is 16.5. The highest BCUT2D eigenvalue weighted by Gasteiger charge is 2.10. The molecule has 3 N–H and O–H groups in total. The molecule has 0 radical (unpaired) electrons. The summed E-state index contributed by atoms with van der Waals surface area (Å²) in [4.78, 5) is 0. The van der Waals surface area contributed by atoms with Gasteiger partial charge < -0.3 is 15.6 Å². The molecule has 3 nitrogen and oxygen atoms in total. The fourth-order valence-corrected chi connectivity index (χ4v) is 0.980. The van der Waals surface area contributed by atoms with Crippen molar-refractivity contribution in [2.45, 2.75) is 20.0 Å². The van der Waals surface area contributed by atoms with Gasteiger partial charge in [0, 0.05) is 0 Å². The van der Waals surface area contributed by atoms with E-state index in [9.17, 15) is 5.11 Å². The van der Waals surface area contributed by atoms with E-state index >= 15 is 0 Å². The minimum Gasteiger partial charge on any atom is -0.489 e. The summed E-state index contributed by atoms with van der Waals surface area (Å²) >= 11 is 0. The van der Waals surface area contributed by atoms with Crippen LogP contribution in [-0.2, 0) is 0 Å². The van der Waals surface area contributed by atoms with Gasteiger partial charge in [-0.05, 0) is 18.1 Å². The second kappa shape index (κ2) is 4.86. The monoisotopic (exact) mass is 195 g/mol. The molecule has 1 atom stereocenters. The number of anilines is 1. The average molecular weight is 195 g/mol. The van der Waals surface area contributed by atoms with Crippen LogP contribution in [0.3, 0.4) is 0 Å². The maximum absolute atomic E-state index is 9.51. The number of para-hydroxylation sites is 2. The van der Waals surface area contributed by atoms with Gasteiger partial charge in [-0.25, -0.2) is 0 Å². The van der Waals surface area contributed by atoms with Crippen molar-refractivity contribution in [1.82, 2.24) is 0 Å². The zero-order valence-corrected chi connectivity index (χ0v) is 8.60. The van der Waals surface area contributed by atoms with Gasteiger partial charge in [-0.3, -0.25) is 0 Å². The molecule has 14 heavy (non-hydrogen) atoms. The minimum absolute atomic E-state index is 0.194. The predicted octanol–water partition coefficient (Wildman–Crippen LogP) is 1.66. The summed E-state index contributed by atoms with van der Waals surface area (Å²) < 4.78 is 5.38. The van der Waals surface area contributed by atoms with Crippen LogP contribution in [0.15, 0.2) is 24.3 Å². The molecule has 0 saturated carbocycles. The Morgan fingerprint density at radius 1 is 1.36 bits per heavy atom. The SMILES string of the molecule is CC(C)[C@@H](O)COc1ccccc1N. The lowest BCUT2D eigenvalue weighted by Crippen LogP contribution is -2.23. The minimum atomic E-state index is -0.449. The normalized spacial score (nSPS) is 12.9. The standard InChI is InChI=1S/C11H17NO2/c1-8(2)10(13)7-14-11-6-4-3-5-9(11)12/h3-6,8,10,13H,7,12H2,1-2H3/t10-/m0/s1. The maximum Gasteiger partial charge on any atom is 0.142 e. The highest BCUT2D eigenvalue weighted by Crippen LogP contribution is 2.20. The Kier molecular flexibility index (Phi) is 3.77. The van der Waals surface area contributed by atoms with Crippen molar-refractivity contribution >= 4 is 5.69 Å². The fourth-order valence-electron chi connectivity index (χ4n) is 0.980. The van der Waals surface area contributed by atoms with E-state index in [0.717, 1.165) is 0 Å². The quantitative estimate of drug-likeness (QED) is 0.718. The van der Waals surface area contributed by atoms with Crippen LogP contribution >= 0.6 is 0 Å². The molecule has 1 aromatic carbocycles. The average Bonchev–Trinajstić information content (AvgIpc) is 2.16. The Balaban J connectivity index is 2.50. The van der Waals surface area contributed by atoms with Crippen molar-refractivity contribution in [3.8, 4) is 5.75 Å². The molecule has 78 valence electrons. The lowest BCUT2D eigenvalue weighted by molar-refractivity contribution is 0.0704. The molecule has 0 aliphatic heterocycles. The zero-order chi connectivity index (χ0) is 10.6. The number of nitrogen functional groups attached to an aromatic ring is 1. The molecule has 1 aromatic rings. The van der Waals surface area contributed by atoms with Gasteiger partial charge in [-0.15, -0.1) is 0 Å². The van der Waals surface area contributed by atoms with Crippen molar-refractivity contribution in [1.29, 1.82) is 0 Å². The van der Waals surface area contributed by atoms with Crippen molar-refractivity contribution in [2.24, 2.45) is 5.92 Å². The second-order valence-corrected chi connectivity index (χ2v) is 3.66. The highest BCUT2D eigenvalue weighted by molar-refractivity contribution is 5.51. The van der Waals surface area contributed by atoms with E-state index < -0.39 is 6.10 Å². The van der Waals surface area contributed by atoms with Gasteiger partial charge in [0.15, 0.2) is 0 Å². The summed E-state index contributed by atoms with van der Waals surface area (Å²) in [7, 11) is 0. The van der Waals surface area contributed by atoms with Gasteiger partial charge >= 0.3 is 0 Å². The number of rotatable bonds is 4. The third-order valence-electron chi connectivity index (χ3n) is 2.10. The van der Waals surface area contributed by atoms with Crippen LogP contribution in [0, 0.1) is 5.92 Å². The van der Waals surface area contributed by atoms with E-state index in [1.807, 2.05) is 26.0 Å². The van der Waals surface area contributed by atoms with E-state index in [1.54, 1.807) is 12.1 Å². The Bertz CT molecular complexity index is 286. The van der Waals surface area contributed by atoms with Gasteiger partial charge in [0.1, 0.15) is 12.4 Å². The first kappa shape index (κ1) is 10.9. The van der Waals surface area contributed by atoms with Gasteiger partial charge in [-0.1, -0.05) is 26.0 Å². The summed E-state index contributed by atoms with van der Waals surface area (Å²) in [5.41, 5.74) is 6.28. The number of aliphatic hydroxyl groups is 1. The first-order chi connectivity index (χ1) is 6.61. The number of hydrogen-bond donors (Lipinski definition) is 2. The van der Waals surface area contributed by atoms with E-state index in [2.05, 4.69) is 0 Å². The van der Waals surface area contributed by atoms with Crippen LogP contribution in [0.25, 0.3) is 0 Å². The Morgan fingerprint density at radius 2 is 2.00 bits per heavy atom. The fraction of sp³-hybridized carbons (Fsp3) is 0.455. The molecular weight excluding hydrogens is 178 g/mol. The first-order valence-electron chi connectivity index (χ1n) is 4.76. The molecule has 0 amide bonds. The molecule has 3 heteroatoms. The van der Waals surface area contributed by atoms with Crippen molar-refractivity contribution in [3.63, 3.8) is 0 Å². The van der Waals surface area contributed by atoms with Crippen LogP contribution in [0.2, 0.25) is 0 Å². The van der Waals surface area contributed by atoms with Crippen molar-refractivity contribution in [3.05, 3.63) is 24.3 Å². The lowest BCUT2D eigenvalue weighted by Gasteiger charge is -2.16. The zero-order valence-electron chi connectivity index (χ0n) is 8.60. The van der Waals surface area contributed by atoms with Crippen LogP contribution in [0.1, 0.15) is 13.8 Å². The van der Waals surface area contributed by atoms with Crippen LogP contribution in [0.4, 0.5) is 5.69 Å². The summed E-state index contributed by atoms with van der Waals surface area (Å²) in [6.07, 6.45) is -0.449. The van der Waals surface area contributed by atoms with Crippen LogP contribution < -0.4 is 10.5 Å². The first-order valence-corrected chi connectivity index (χ1v) is 4.76. The predicted molar refractivity (Wildman–Crippen MR) is 57.2 cm³/mol. The number of ether oxygens (including phenoxy) is 1. The van der Waals surface area contributed by atoms with Gasteiger partial charge in [0.05, 0.1) is 11.8 Å². The summed E-state index contributed by atoms with van der Waals surface area (Å²) in [6, 6.07) is 7.27. The lowest BCUT2D eigenvalue weighted by atomic mass is 10.1. The smallest absolute Gasteiger partial charge is 0.142 e. The maximum atomic E-state index is 9.51. The Labute approximate surface area is 84.5 Å². The molecule has 0 saturated heterocycles. The second-order valence-electron chi connectivity index (χ2n) is 3.66. The van der Waals surface area contributed by atoms with E-state index in [-0.39, 0.29) is 12.5 Å². The summed E-state index contributed by atoms with van der Waals surface area (Å²) in [5.74, 6) is 0.826. The largest absolute Gasteiger partial charge is 0.489 e. The molecule has 0 unspecified atom stereocenters. The van der Waals surface area contributed by atoms with Crippen molar-refractivity contribution < 1.29 is 9.84 Å². The molecule has 0 aliphatic carbocycles. The number of aliphatic hydroxyl groups excluding tert-OH is 1. The molecular formula is C11H17NO2. The number of nitrogens with two attached hydrogens (primary N) is 1. The van der Waals surface area contributed by atoms with Gasteiger partial charge in [0.25, 0.3) is 0 Å². The van der Waals surface area contributed by atoms with E-state index in [1.165, 1.54) is 0 Å². The van der Waals surface area contributed by atoms with Crippen LogP contribution in [0.5, 0.6) is 5.75 Å². The van der Waals surface area contributed by atoms with E-state index in [0.29, 0.717) is 11.4 Å². The van der Waals surface area contributed by atoms with Crippen molar-refractivity contribution in [2.75, 3.05) is 12.3 Å².